The monoisotopic (exact) mass is 274 g/mol. The van der Waals surface area contributed by atoms with Crippen molar-refractivity contribution < 1.29 is 4.79 Å². The van der Waals surface area contributed by atoms with Gasteiger partial charge in [0, 0.05) is 24.8 Å². The van der Waals surface area contributed by atoms with E-state index in [1.54, 1.807) is 0 Å². The van der Waals surface area contributed by atoms with Gasteiger partial charge in [-0.05, 0) is 37.7 Å². The molecule has 1 aromatic rings. The molecule has 0 atom stereocenters. The Morgan fingerprint density at radius 1 is 1.30 bits per heavy atom. The lowest BCUT2D eigenvalue weighted by Crippen LogP contribution is -2.28. The quantitative estimate of drug-likeness (QED) is 0.913. The van der Waals surface area contributed by atoms with Crippen LogP contribution >= 0.6 is 0 Å². The van der Waals surface area contributed by atoms with Gasteiger partial charge in [0.25, 0.3) is 5.91 Å². The minimum absolute atomic E-state index is 0.0581. The average molecular weight is 274 g/mol. The van der Waals surface area contributed by atoms with Crippen LogP contribution in [0, 0.1) is 0 Å². The Morgan fingerprint density at radius 3 is 2.60 bits per heavy atom. The molecule has 0 radical (unpaired) electrons. The maximum absolute atomic E-state index is 12.2. The fraction of sp³-hybridized carbons (Fsp3) is 0.667. The fourth-order valence-corrected chi connectivity index (χ4v) is 2.41. The SMILES string of the molecule is CC(C)c1cc(C(=O)NC2CC2)nc(N2CCCC2)n1. The molecule has 0 spiro atoms. The Kier molecular flexibility index (Phi) is 3.59. The summed E-state index contributed by atoms with van der Waals surface area (Å²) in [5.74, 6) is 0.957. The van der Waals surface area contributed by atoms with Gasteiger partial charge in [-0.2, -0.15) is 0 Å². The van der Waals surface area contributed by atoms with Crippen LogP contribution in [0.4, 0.5) is 5.95 Å². The summed E-state index contributed by atoms with van der Waals surface area (Å²) in [6, 6.07) is 2.19. The van der Waals surface area contributed by atoms with Gasteiger partial charge < -0.3 is 10.2 Å². The summed E-state index contributed by atoms with van der Waals surface area (Å²) in [4.78, 5) is 23.5. The largest absolute Gasteiger partial charge is 0.348 e. The Labute approximate surface area is 119 Å². The number of hydrogen-bond acceptors (Lipinski definition) is 4. The van der Waals surface area contributed by atoms with Crippen molar-refractivity contribution in [2.45, 2.75) is 51.5 Å². The van der Waals surface area contributed by atoms with Crippen molar-refractivity contribution in [3.8, 4) is 0 Å². The molecule has 1 aliphatic heterocycles. The van der Waals surface area contributed by atoms with Crippen LogP contribution in [0.5, 0.6) is 0 Å². The number of hydrogen-bond donors (Lipinski definition) is 1. The number of carbonyl (C=O) groups excluding carboxylic acids is 1. The lowest BCUT2D eigenvalue weighted by Gasteiger charge is -2.18. The Balaban J connectivity index is 1.88. The van der Waals surface area contributed by atoms with Crippen molar-refractivity contribution in [1.29, 1.82) is 0 Å². The van der Waals surface area contributed by atoms with Gasteiger partial charge in [-0.3, -0.25) is 4.79 Å². The standard InChI is InChI=1S/C15H22N4O/c1-10(2)12-9-13(14(20)16-11-5-6-11)18-15(17-12)19-7-3-4-8-19/h9-11H,3-8H2,1-2H3,(H,16,20). The summed E-state index contributed by atoms with van der Waals surface area (Å²) in [5, 5.41) is 3.01. The molecule has 1 saturated carbocycles. The van der Waals surface area contributed by atoms with Crippen LogP contribution < -0.4 is 10.2 Å². The number of nitrogens with zero attached hydrogens (tertiary/aromatic N) is 3. The molecule has 108 valence electrons. The van der Waals surface area contributed by atoms with E-state index in [4.69, 9.17) is 0 Å². The average Bonchev–Trinajstić information content (AvgIpc) is 3.08. The van der Waals surface area contributed by atoms with E-state index in [0.717, 1.165) is 37.6 Å². The van der Waals surface area contributed by atoms with E-state index in [9.17, 15) is 4.79 Å². The second-order valence-electron chi connectivity index (χ2n) is 6.07. The summed E-state index contributed by atoms with van der Waals surface area (Å²) >= 11 is 0. The normalized spacial score (nSPS) is 18.6. The first-order valence-corrected chi connectivity index (χ1v) is 7.58. The van der Waals surface area contributed by atoms with Crippen molar-refractivity contribution in [3.63, 3.8) is 0 Å². The predicted molar refractivity (Wildman–Crippen MR) is 78.1 cm³/mol. The lowest BCUT2D eigenvalue weighted by atomic mass is 10.1. The van der Waals surface area contributed by atoms with Crippen molar-refractivity contribution in [2.75, 3.05) is 18.0 Å². The van der Waals surface area contributed by atoms with E-state index in [1.165, 1.54) is 12.8 Å². The van der Waals surface area contributed by atoms with Crippen LogP contribution in [0.1, 0.15) is 61.6 Å². The van der Waals surface area contributed by atoms with E-state index >= 15 is 0 Å². The first-order chi connectivity index (χ1) is 9.63. The highest BCUT2D eigenvalue weighted by Crippen LogP contribution is 2.22. The zero-order chi connectivity index (χ0) is 14.1. The van der Waals surface area contributed by atoms with E-state index in [2.05, 4.69) is 34.0 Å². The third-order valence-corrected chi connectivity index (χ3v) is 3.86. The van der Waals surface area contributed by atoms with Crippen LogP contribution in [0.3, 0.4) is 0 Å². The van der Waals surface area contributed by atoms with Crippen molar-refractivity contribution in [3.05, 3.63) is 17.5 Å². The second kappa shape index (κ2) is 5.38. The number of amides is 1. The Bertz CT molecular complexity index is 505. The summed E-state index contributed by atoms with van der Waals surface area (Å²) < 4.78 is 0. The molecule has 1 aliphatic carbocycles. The Hall–Kier alpha value is -1.65. The molecule has 5 heteroatoms. The molecule has 1 saturated heterocycles. The smallest absolute Gasteiger partial charge is 0.270 e. The van der Waals surface area contributed by atoms with Gasteiger partial charge in [0.15, 0.2) is 0 Å². The first kappa shape index (κ1) is 13.3. The molecule has 0 unspecified atom stereocenters. The van der Waals surface area contributed by atoms with Gasteiger partial charge in [0.05, 0.1) is 0 Å². The fourth-order valence-electron chi connectivity index (χ4n) is 2.41. The van der Waals surface area contributed by atoms with E-state index < -0.39 is 0 Å². The molecule has 5 nitrogen and oxygen atoms in total. The summed E-state index contributed by atoms with van der Waals surface area (Å²) in [7, 11) is 0. The van der Waals surface area contributed by atoms with Gasteiger partial charge in [-0.1, -0.05) is 13.8 Å². The van der Waals surface area contributed by atoms with Gasteiger partial charge in [0.2, 0.25) is 5.95 Å². The molecular weight excluding hydrogens is 252 g/mol. The highest BCUT2D eigenvalue weighted by molar-refractivity contribution is 5.93. The van der Waals surface area contributed by atoms with Gasteiger partial charge in [0.1, 0.15) is 5.69 Å². The predicted octanol–water partition coefficient (Wildman–Crippen LogP) is 2.09. The number of aromatic nitrogens is 2. The summed E-state index contributed by atoms with van der Waals surface area (Å²) in [6.45, 7) is 6.17. The van der Waals surface area contributed by atoms with Crippen LogP contribution in [0.25, 0.3) is 0 Å². The third-order valence-electron chi connectivity index (χ3n) is 3.86. The number of carbonyl (C=O) groups is 1. The van der Waals surface area contributed by atoms with Gasteiger partial charge in [-0.15, -0.1) is 0 Å². The molecule has 1 aromatic heterocycles. The van der Waals surface area contributed by atoms with E-state index in [-0.39, 0.29) is 5.91 Å². The summed E-state index contributed by atoms with van der Waals surface area (Å²) in [5.41, 5.74) is 1.46. The molecule has 2 fully saturated rings. The number of nitrogens with one attached hydrogen (secondary N) is 1. The van der Waals surface area contributed by atoms with Gasteiger partial charge in [-0.25, -0.2) is 9.97 Å². The lowest BCUT2D eigenvalue weighted by molar-refractivity contribution is 0.0946. The van der Waals surface area contributed by atoms with Crippen molar-refractivity contribution in [1.82, 2.24) is 15.3 Å². The van der Waals surface area contributed by atoms with Crippen LogP contribution in [-0.4, -0.2) is 35.0 Å². The summed E-state index contributed by atoms with van der Waals surface area (Å²) in [6.07, 6.45) is 4.54. The molecule has 20 heavy (non-hydrogen) atoms. The molecule has 2 heterocycles. The minimum Gasteiger partial charge on any atom is -0.348 e. The van der Waals surface area contributed by atoms with Crippen molar-refractivity contribution >= 4 is 11.9 Å². The topological polar surface area (TPSA) is 58.1 Å². The van der Waals surface area contributed by atoms with Crippen LogP contribution in [0.15, 0.2) is 6.07 Å². The first-order valence-electron chi connectivity index (χ1n) is 7.58. The zero-order valence-corrected chi connectivity index (χ0v) is 12.2. The molecule has 1 N–H and O–H groups in total. The highest BCUT2D eigenvalue weighted by Gasteiger charge is 2.26. The van der Waals surface area contributed by atoms with Gasteiger partial charge >= 0.3 is 0 Å². The Morgan fingerprint density at radius 2 is 2.00 bits per heavy atom. The van der Waals surface area contributed by atoms with E-state index in [0.29, 0.717) is 17.7 Å². The van der Waals surface area contributed by atoms with Crippen LogP contribution in [0.2, 0.25) is 0 Å². The maximum atomic E-state index is 12.2. The number of anilines is 1. The second-order valence-corrected chi connectivity index (χ2v) is 6.07. The highest BCUT2D eigenvalue weighted by atomic mass is 16.2. The van der Waals surface area contributed by atoms with E-state index in [1.807, 2.05) is 6.07 Å². The van der Waals surface area contributed by atoms with Crippen molar-refractivity contribution in [2.24, 2.45) is 0 Å². The molecule has 0 bridgehead atoms. The zero-order valence-electron chi connectivity index (χ0n) is 12.2. The molecule has 3 rings (SSSR count). The minimum atomic E-state index is -0.0581. The number of rotatable bonds is 4. The maximum Gasteiger partial charge on any atom is 0.270 e. The molecular formula is C15H22N4O. The van der Waals surface area contributed by atoms with Crippen LogP contribution in [-0.2, 0) is 0 Å². The molecule has 2 aliphatic rings. The third kappa shape index (κ3) is 2.92. The molecule has 1 amide bonds. The molecule has 0 aromatic carbocycles.